The van der Waals surface area contributed by atoms with Gasteiger partial charge in [0.2, 0.25) is 0 Å². The molecule has 37 heavy (non-hydrogen) atoms. The SMILES string of the molecule is CC(CCC1CC[NH2+]C(N)C1)=C(CO)C[C@@]12O[C@]1(C(=O)OC1CCCCC1)C(=O)C1CCCCC1C2=O. The Morgan fingerprint density at radius 1 is 1.05 bits per heavy atom. The molecular weight excluding hydrogens is 472 g/mol. The first-order valence-corrected chi connectivity index (χ1v) is 14.7. The minimum absolute atomic E-state index is 0.0842. The van der Waals surface area contributed by atoms with Crippen LogP contribution in [0.1, 0.15) is 96.8 Å². The van der Waals surface area contributed by atoms with Gasteiger partial charge in [-0.2, -0.15) is 0 Å². The molecule has 2 aliphatic heterocycles. The summed E-state index contributed by atoms with van der Waals surface area (Å²) in [5, 5.41) is 12.5. The van der Waals surface area contributed by atoms with E-state index in [2.05, 4.69) is 5.32 Å². The number of ketones is 2. The lowest BCUT2D eigenvalue weighted by Crippen LogP contribution is -2.94. The van der Waals surface area contributed by atoms with Gasteiger partial charge in [-0.3, -0.25) is 15.3 Å². The Balaban J connectivity index is 1.39. The second kappa shape index (κ2) is 10.9. The van der Waals surface area contributed by atoms with E-state index in [0.29, 0.717) is 24.3 Å². The summed E-state index contributed by atoms with van der Waals surface area (Å²) in [6.45, 7) is 2.79. The predicted octanol–water partition coefficient (Wildman–Crippen LogP) is 2.07. The van der Waals surface area contributed by atoms with E-state index in [0.717, 1.165) is 82.7 Å². The van der Waals surface area contributed by atoms with Crippen molar-refractivity contribution in [2.75, 3.05) is 13.2 Å². The van der Waals surface area contributed by atoms with E-state index in [1.54, 1.807) is 0 Å². The summed E-state index contributed by atoms with van der Waals surface area (Å²) in [7, 11) is 0. The number of quaternary nitrogens is 1. The van der Waals surface area contributed by atoms with Crippen LogP contribution in [-0.4, -0.2) is 59.3 Å². The molecule has 8 nitrogen and oxygen atoms in total. The first-order valence-electron chi connectivity index (χ1n) is 14.7. The molecule has 0 spiro atoms. The van der Waals surface area contributed by atoms with Crippen molar-refractivity contribution in [1.82, 2.24) is 0 Å². The number of fused-ring (bicyclic) bond motifs is 2. The van der Waals surface area contributed by atoms with Crippen LogP contribution >= 0.6 is 0 Å². The fraction of sp³-hybridized carbons (Fsp3) is 0.828. The number of Topliss-reactive ketones (excluding diaryl/α,β-unsaturated/α-hetero) is 2. The molecule has 5 fully saturated rings. The van der Waals surface area contributed by atoms with Crippen LogP contribution in [0.15, 0.2) is 11.1 Å². The molecular formula is C29H45N2O6+. The van der Waals surface area contributed by atoms with Crippen molar-refractivity contribution in [2.24, 2.45) is 23.5 Å². The lowest BCUT2D eigenvalue weighted by Gasteiger charge is -2.37. The molecule has 206 valence electrons. The van der Waals surface area contributed by atoms with Gasteiger partial charge >= 0.3 is 5.97 Å². The van der Waals surface area contributed by atoms with Gasteiger partial charge in [0, 0.05) is 24.7 Å². The molecule has 3 saturated carbocycles. The van der Waals surface area contributed by atoms with Gasteiger partial charge in [0.1, 0.15) is 12.3 Å². The van der Waals surface area contributed by atoms with Crippen LogP contribution < -0.4 is 11.1 Å². The van der Waals surface area contributed by atoms with Crippen LogP contribution in [0, 0.1) is 17.8 Å². The van der Waals surface area contributed by atoms with E-state index in [-0.39, 0.29) is 36.9 Å². The number of ether oxygens (including phenoxy) is 2. The molecule has 3 aliphatic carbocycles. The van der Waals surface area contributed by atoms with Crippen molar-refractivity contribution in [3.8, 4) is 0 Å². The second-order valence-corrected chi connectivity index (χ2v) is 12.3. The minimum atomic E-state index is -1.84. The zero-order chi connectivity index (χ0) is 26.2. The number of allylic oxidation sites excluding steroid dienone is 1. The topological polar surface area (TPSA) is 136 Å². The molecule has 0 radical (unpaired) electrons. The maximum Gasteiger partial charge on any atom is 0.350 e. The lowest BCUT2D eigenvalue weighted by atomic mass is 9.60. The molecule has 4 unspecified atom stereocenters. The van der Waals surface area contributed by atoms with Gasteiger partial charge in [-0.05, 0) is 76.2 Å². The monoisotopic (exact) mass is 517 g/mol. The minimum Gasteiger partial charge on any atom is -0.460 e. The van der Waals surface area contributed by atoms with Gasteiger partial charge in [0.25, 0.3) is 5.60 Å². The average Bonchev–Trinajstić information content (AvgIpc) is 3.61. The number of hydrogen-bond acceptors (Lipinski definition) is 7. The summed E-state index contributed by atoms with van der Waals surface area (Å²) in [5.41, 5.74) is 4.46. The third kappa shape index (κ3) is 4.83. The highest BCUT2D eigenvalue weighted by molar-refractivity contribution is 6.23. The zero-order valence-electron chi connectivity index (χ0n) is 22.3. The molecule has 0 aromatic carbocycles. The van der Waals surface area contributed by atoms with Gasteiger partial charge in [0.05, 0.1) is 13.2 Å². The first kappa shape index (κ1) is 27.0. The number of nitrogens with two attached hydrogens (primary N) is 2. The molecule has 5 rings (SSSR count). The number of hydrogen-bond donors (Lipinski definition) is 3. The molecule has 5 N–H and O–H groups in total. The summed E-state index contributed by atoms with van der Waals surface area (Å²) in [6, 6.07) is 0. The average molecular weight is 518 g/mol. The maximum absolute atomic E-state index is 14.0. The van der Waals surface area contributed by atoms with Crippen molar-refractivity contribution in [1.29, 1.82) is 0 Å². The van der Waals surface area contributed by atoms with Gasteiger partial charge in [-0.25, -0.2) is 4.79 Å². The smallest absolute Gasteiger partial charge is 0.350 e. The van der Waals surface area contributed by atoms with Crippen molar-refractivity contribution in [3.05, 3.63) is 11.1 Å². The normalized spacial score (nSPS) is 38.9. The van der Waals surface area contributed by atoms with E-state index < -0.39 is 29.0 Å². The standard InChI is InChI=1S/C29H44N2O6/c1-18(11-12-19-13-14-31-24(30)15-19)20(17-32)16-28-25(33)22-9-5-6-10-23(22)26(34)29(28,37-28)27(35)36-21-7-3-2-4-8-21/h19,21-24,31-32H,2-17,30H2,1H3/p+1/t19?,22?,23?,24?,28-,29-/m0/s1. The van der Waals surface area contributed by atoms with Crippen LogP contribution in [0.2, 0.25) is 0 Å². The number of epoxide rings is 1. The number of carbonyl (C=O) groups excluding carboxylic acids is 3. The van der Waals surface area contributed by atoms with Crippen molar-refractivity contribution >= 4 is 17.5 Å². The summed E-state index contributed by atoms with van der Waals surface area (Å²) in [4.78, 5) is 41.5. The Morgan fingerprint density at radius 2 is 1.73 bits per heavy atom. The molecule has 0 aromatic heterocycles. The highest BCUT2D eigenvalue weighted by Crippen LogP contribution is 2.62. The third-order valence-electron chi connectivity index (χ3n) is 9.99. The number of aliphatic hydroxyl groups excluding tert-OH is 1. The number of rotatable bonds is 8. The Hall–Kier alpha value is -1.61. The summed E-state index contributed by atoms with van der Waals surface area (Å²) < 4.78 is 12.0. The first-order chi connectivity index (χ1) is 17.8. The van der Waals surface area contributed by atoms with Crippen molar-refractivity contribution in [2.45, 2.75) is 120 Å². The van der Waals surface area contributed by atoms with Gasteiger partial charge in [0.15, 0.2) is 17.2 Å². The molecule has 2 saturated heterocycles. The molecule has 0 aromatic rings. The number of carbonyl (C=O) groups is 3. The fourth-order valence-corrected chi connectivity index (χ4v) is 7.65. The number of esters is 1. The van der Waals surface area contributed by atoms with E-state index in [1.165, 1.54) is 0 Å². The fourth-order valence-electron chi connectivity index (χ4n) is 7.65. The summed E-state index contributed by atoms with van der Waals surface area (Å²) in [6.07, 6.45) is 11.6. The van der Waals surface area contributed by atoms with E-state index in [4.69, 9.17) is 15.2 Å². The molecule has 0 amide bonds. The largest absolute Gasteiger partial charge is 0.460 e. The Bertz CT molecular complexity index is 943. The summed E-state index contributed by atoms with van der Waals surface area (Å²) >= 11 is 0. The van der Waals surface area contributed by atoms with Gasteiger partial charge < -0.3 is 19.9 Å². The Morgan fingerprint density at radius 3 is 2.41 bits per heavy atom. The highest BCUT2D eigenvalue weighted by atomic mass is 16.7. The van der Waals surface area contributed by atoms with E-state index in [1.807, 2.05) is 6.92 Å². The summed E-state index contributed by atoms with van der Waals surface area (Å²) in [5.74, 6) is -1.41. The van der Waals surface area contributed by atoms with Crippen LogP contribution in [-0.2, 0) is 23.9 Å². The lowest BCUT2D eigenvalue weighted by molar-refractivity contribution is -0.699. The van der Waals surface area contributed by atoms with Crippen LogP contribution in [0.3, 0.4) is 0 Å². The van der Waals surface area contributed by atoms with Crippen molar-refractivity contribution < 1.29 is 34.3 Å². The molecule has 2 heterocycles. The Kier molecular flexibility index (Phi) is 7.93. The van der Waals surface area contributed by atoms with Gasteiger partial charge in [-0.1, -0.05) is 24.8 Å². The molecule has 5 aliphatic rings. The third-order valence-corrected chi connectivity index (χ3v) is 9.99. The predicted molar refractivity (Wildman–Crippen MR) is 136 cm³/mol. The van der Waals surface area contributed by atoms with Crippen LogP contribution in [0.5, 0.6) is 0 Å². The molecule has 0 bridgehead atoms. The van der Waals surface area contributed by atoms with Crippen molar-refractivity contribution in [3.63, 3.8) is 0 Å². The number of piperidine rings is 1. The molecule has 8 heteroatoms. The second-order valence-electron chi connectivity index (χ2n) is 12.3. The Labute approximate surface area is 220 Å². The zero-order valence-corrected chi connectivity index (χ0v) is 22.3. The number of aliphatic hydroxyl groups is 1. The van der Waals surface area contributed by atoms with Crippen LogP contribution in [0.4, 0.5) is 0 Å². The van der Waals surface area contributed by atoms with Gasteiger partial charge in [-0.15, -0.1) is 0 Å². The quantitative estimate of drug-likeness (QED) is 0.194. The maximum atomic E-state index is 14.0. The molecule has 6 atom stereocenters. The van der Waals surface area contributed by atoms with E-state index >= 15 is 0 Å². The van der Waals surface area contributed by atoms with Crippen LogP contribution in [0.25, 0.3) is 0 Å². The van der Waals surface area contributed by atoms with E-state index in [9.17, 15) is 19.5 Å². The highest BCUT2D eigenvalue weighted by Gasteiger charge is 2.87.